The summed E-state index contributed by atoms with van der Waals surface area (Å²) in [5, 5.41) is 3.45. The average Bonchev–Trinajstić information content (AvgIpc) is 2.56. The Morgan fingerprint density at radius 1 is 1.12 bits per heavy atom. The molecule has 25 heavy (non-hydrogen) atoms. The first-order valence-electron chi connectivity index (χ1n) is 7.85. The molecule has 0 radical (unpaired) electrons. The predicted molar refractivity (Wildman–Crippen MR) is 101 cm³/mol. The third-order valence-corrected chi connectivity index (χ3v) is 5.22. The number of carbonyl (C=O) groups is 1. The molecule has 0 heterocycles. The predicted octanol–water partition coefficient (Wildman–Crippen LogP) is 2.85. The van der Waals surface area contributed by atoms with Crippen molar-refractivity contribution in [1.29, 1.82) is 0 Å². The van der Waals surface area contributed by atoms with Crippen LogP contribution in [-0.2, 0) is 21.2 Å². The van der Waals surface area contributed by atoms with Crippen molar-refractivity contribution < 1.29 is 13.2 Å². The Bertz CT molecular complexity index is 808. The molecule has 1 amide bonds. The highest BCUT2D eigenvalue weighted by molar-refractivity contribution is 7.92. The fraction of sp³-hybridized carbons (Fsp3) is 0.278. The number of amides is 1. The smallest absolute Gasteiger partial charge is 0.243 e. The Balaban J connectivity index is 2.02. The van der Waals surface area contributed by atoms with Gasteiger partial charge in [0.25, 0.3) is 0 Å². The maximum absolute atomic E-state index is 12.4. The Morgan fingerprint density at radius 2 is 1.72 bits per heavy atom. The van der Waals surface area contributed by atoms with E-state index in [4.69, 9.17) is 11.6 Å². The van der Waals surface area contributed by atoms with Gasteiger partial charge in [0, 0.05) is 11.6 Å². The second-order valence-electron chi connectivity index (χ2n) is 5.74. The fourth-order valence-electron chi connectivity index (χ4n) is 2.51. The Kier molecular flexibility index (Phi) is 6.45. The summed E-state index contributed by atoms with van der Waals surface area (Å²) >= 11 is 5.84. The quantitative estimate of drug-likeness (QED) is 0.803. The number of hydrogen-bond acceptors (Lipinski definition) is 3. The maximum atomic E-state index is 12.4. The lowest BCUT2D eigenvalue weighted by Gasteiger charge is -2.28. The third kappa shape index (κ3) is 5.47. The van der Waals surface area contributed by atoms with Gasteiger partial charge in [-0.15, -0.1) is 0 Å². The van der Waals surface area contributed by atoms with Crippen LogP contribution in [0.3, 0.4) is 0 Å². The molecule has 134 valence electrons. The van der Waals surface area contributed by atoms with Crippen LogP contribution < -0.4 is 9.62 Å². The SMILES string of the molecule is C[C@H](C(=O)NCCc1ccc(Cl)cc1)N(c1ccccc1)S(C)(=O)=O. The van der Waals surface area contributed by atoms with Crippen LogP contribution in [0.15, 0.2) is 54.6 Å². The molecular weight excluding hydrogens is 360 g/mol. The van der Waals surface area contributed by atoms with E-state index >= 15 is 0 Å². The highest BCUT2D eigenvalue weighted by Gasteiger charge is 2.28. The van der Waals surface area contributed by atoms with Crippen molar-refractivity contribution >= 4 is 33.2 Å². The molecule has 7 heteroatoms. The van der Waals surface area contributed by atoms with Gasteiger partial charge < -0.3 is 5.32 Å². The average molecular weight is 381 g/mol. The van der Waals surface area contributed by atoms with Crippen molar-refractivity contribution in [2.75, 3.05) is 17.1 Å². The number of nitrogens with one attached hydrogen (secondary N) is 1. The lowest BCUT2D eigenvalue weighted by atomic mass is 10.1. The number of anilines is 1. The minimum Gasteiger partial charge on any atom is -0.354 e. The highest BCUT2D eigenvalue weighted by Crippen LogP contribution is 2.20. The van der Waals surface area contributed by atoms with Gasteiger partial charge in [-0.05, 0) is 43.2 Å². The molecule has 0 aliphatic carbocycles. The van der Waals surface area contributed by atoms with E-state index in [-0.39, 0.29) is 5.91 Å². The van der Waals surface area contributed by atoms with Gasteiger partial charge in [0.15, 0.2) is 0 Å². The van der Waals surface area contributed by atoms with E-state index in [1.54, 1.807) is 49.4 Å². The van der Waals surface area contributed by atoms with Gasteiger partial charge in [-0.25, -0.2) is 8.42 Å². The molecule has 0 bridgehead atoms. The first-order valence-corrected chi connectivity index (χ1v) is 10.1. The van der Waals surface area contributed by atoms with Gasteiger partial charge in [-0.3, -0.25) is 9.10 Å². The molecule has 0 aliphatic heterocycles. The molecule has 0 unspecified atom stereocenters. The second-order valence-corrected chi connectivity index (χ2v) is 8.03. The molecule has 1 N–H and O–H groups in total. The third-order valence-electron chi connectivity index (χ3n) is 3.73. The maximum Gasteiger partial charge on any atom is 0.243 e. The largest absolute Gasteiger partial charge is 0.354 e. The summed E-state index contributed by atoms with van der Waals surface area (Å²) in [5.41, 5.74) is 1.51. The van der Waals surface area contributed by atoms with Crippen molar-refractivity contribution in [3.8, 4) is 0 Å². The zero-order valence-corrected chi connectivity index (χ0v) is 15.7. The number of carbonyl (C=O) groups excluding carboxylic acids is 1. The van der Waals surface area contributed by atoms with E-state index in [0.717, 1.165) is 16.1 Å². The molecular formula is C18H21ClN2O3S. The van der Waals surface area contributed by atoms with Crippen LogP contribution in [0.2, 0.25) is 5.02 Å². The number of nitrogens with zero attached hydrogens (tertiary/aromatic N) is 1. The Hall–Kier alpha value is -2.05. The molecule has 1 atom stereocenters. The molecule has 0 aromatic heterocycles. The summed E-state index contributed by atoms with van der Waals surface area (Å²) < 4.78 is 25.4. The van der Waals surface area contributed by atoms with Crippen molar-refractivity contribution in [1.82, 2.24) is 5.32 Å². The summed E-state index contributed by atoms with van der Waals surface area (Å²) in [7, 11) is -3.59. The molecule has 2 rings (SSSR count). The lowest BCUT2D eigenvalue weighted by Crippen LogP contribution is -2.48. The first kappa shape index (κ1) is 19.3. The van der Waals surface area contributed by atoms with Gasteiger partial charge in [-0.1, -0.05) is 41.9 Å². The van der Waals surface area contributed by atoms with E-state index in [9.17, 15) is 13.2 Å². The summed E-state index contributed by atoms with van der Waals surface area (Å²) in [5.74, 6) is -0.344. The number of para-hydroxylation sites is 1. The van der Waals surface area contributed by atoms with E-state index in [1.165, 1.54) is 0 Å². The highest BCUT2D eigenvalue weighted by atomic mass is 35.5. The zero-order valence-electron chi connectivity index (χ0n) is 14.1. The van der Waals surface area contributed by atoms with Gasteiger partial charge in [0.1, 0.15) is 6.04 Å². The van der Waals surface area contributed by atoms with E-state index < -0.39 is 16.1 Å². The molecule has 0 saturated carbocycles. The van der Waals surface area contributed by atoms with Crippen LogP contribution >= 0.6 is 11.6 Å². The van der Waals surface area contributed by atoms with Crippen molar-refractivity contribution in [3.63, 3.8) is 0 Å². The molecule has 0 spiro atoms. The van der Waals surface area contributed by atoms with Gasteiger partial charge in [0.2, 0.25) is 15.9 Å². The van der Waals surface area contributed by atoms with Gasteiger partial charge in [-0.2, -0.15) is 0 Å². The monoisotopic (exact) mass is 380 g/mol. The van der Waals surface area contributed by atoms with Crippen LogP contribution in [0, 0.1) is 0 Å². The number of rotatable bonds is 7. The molecule has 2 aromatic carbocycles. The molecule has 5 nitrogen and oxygen atoms in total. The number of hydrogen-bond donors (Lipinski definition) is 1. The van der Waals surface area contributed by atoms with Gasteiger partial charge >= 0.3 is 0 Å². The van der Waals surface area contributed by atoms with Crippen LogP contribution in [0.1, 0.15) is 12.5 Å². The van der Waals surface area contributed by atoms with Crippen LogP contribution in [0.4, 0.5) is 5.69 Å². The van der Waals surface area contributed by atoms with Crippen molar-refractivity contribution in [3.05, 3.63) is 65.2 Å². The first-order chi connectivity index (χ1) is 11.8. The minimum absolute atomic E-state index is 0.344. The molecule has 0 aliphatic rings. The second kappa shape index (κ2) is 8.36. The Morgan fingerprint density at radius 3 is 2.28 bits per heavy atom. The van der Waals surface area contributed by atoms with Crippen LogP contribution in [0.25, 0.3) is 0 Å². The standard InChI is InChI=1S/C18H21ClN2O3S/c1-14(21(25(2,23)24)17-6-4-3-5-7-17)18(22)20-13-12-15-8-10-16(19)11-9-15/h3-11,14H,12-13H2,1-2H3,(H,20,22)/t14-/m1/s1. The molecule has 0 saturated heterocycles. The number of halogens is 1. The van der Waals surface area contributed by atoms with Gasteiger partial charge in [0.05, 0.1) is 11.9 Å². The lowest BCUT2D eigenvalue weighted by molar-refractivity contribution is -0.121. The fourth-order valence-corrected chi connectivity index (χ4v) is 3.81. The summed E-state index contributed by atoms with van der Waals surface area (Å²) in [6, 6.07) is 15.1. The molecule has 0 fully saturated rings. The minimum atomic E-state index is -3.59. The van der Waals surface area contributed by atoms with E-state index in [0.29, 0.717) is 23.7 Å². The summed E-state index contributed by atoms with van der Waals surface area (Å²) in [4.78, 5) is 12.4. The summed E-state index contributed by atoms with van der Waals surface area (Å²) in [6.45, 7) is 1.99. The van der Waals surface area contributed by atoms with E-state index in [1.807, 2.05) is 12.1 Å². The number of benzene rings is 2. The Labute approximate surface area is 153 Å². The van der Waals surface area contributed by atoms with Crippen molar-refractivity contribution in [2.24, 2.45) is 0 Å². The van der Waals surface area contributed by atoms with E-state index in [2.05, 4.69) is 5.32 Å². The number of sulfonamides is 1. The molecule has 2 aromatic rings. The van der Waals surface area contributed by atoms with Crippen molar-refractivity contribution in [2.45, 2.75) is 19.4 Å². The topological polar surface area (TPSA) is 66.5 Å². The van der Waals surface area contributed by atoms with Crippen LogP contribution in [0.5, 0.6) is 0 Å². The zero-order chi connectivity index (χ0) is 18.4. The normalized spacial score (nSPS) is 12.4. The van der Waals surface area contributed by atoms with Crippen LogP contribution in [-0.4, -0.2) is 33.2 Å². The summed E-state index contributed by atoms with van der Waals surface area (Å²) in [6.07, 6.45) is 1.73.